The van der Waals surface area contributed by atoms with E-state index < -0.39 is 0 Å². The van der Waals surface area contributed by atoms with Gasteiger partial charge in [-0.15, -0.1) is 0 Å². The molecule has 1 aromatic heterocycles. The zero-order valence-electron chi connectivity index (χ0n) is 16.9. The van der Waals surface area contributed by atoms with Crippen molar-refractivity contribution in [3.63, 3.8) is 0 Å². The first-order valence-electron chi connectivity index (χ1n) is 11.3. The van der Waals surface area contributed by atoms with Crippen LogP contribution in [0.3, 0.4) is 0 Å². The van der Waals surface area contributed by atoms with E-state index in [9.17, 15) is 9.59 Å². The highest BCUT2D eigenvalue weighted by Gasteiger charge is 2.25. The third kappa shape index (κ3) is 5.36. The van der Waals surface area contributed by atoms with Gasteiger partial charge in [0.15, 0.2) is 0 Å². The number of carbonyl (C=O) groups is 1. The maximum Gasteiger partial charge on any atom is 0.266 e. The van der Waals surface area contributed by atoms with Crippen molar-refractivity contribution in [3.05, 3.63) is 22.5 Å². The summed E-state index contributed by atoms with van der Waals surface area (Å²) in [6, 6.07) is 3.76. The Morgan fingerprint density at radius 3 is 2.46 bits per heavy atom. The van der Waals surface area contributed by atoms with Gasteiger partial charge in [0.2, 0.25) is 5.91 Å². The van der Waals surface area contributed by atoms with E-state index in [-0.39, 0.29) is 17.5 Å². The first-order valence-corrected chi connectivity index (χ1v) is 11.3. The maximum absolute atomic E-state index is 12.3. The number of carbonyl (C=O) groups excluding carboxylic acids is 1. The molecule has 0 spiro atoms. The number of piperidine rings is 1. The van der Waals surface area contributed by atoms with Crippen LogP contribution in [0.5, 0.6) is 0 Å². The lowest BCUT2D eigenvalue weighted by atomic mass is 9.86. The highest BCUT2D eigenvalue weighted by molar-refractivity contribution is 5.76. The molecule has 6 nitrogen and oxygen atoms in total. The van der Waals surface area contributed by atoms with Gasteiger partial charge in [-0.2, -0.15) is 5.10 Å². The molecule has 0 radical (unpaired) electrons. The fraction of sp³-hybridized carbons (Fsp3) is 0.773. The second kappa shape index (κ2) is 9.10. The smallest absolute Gasteiger partial charge is 0.266 e. The Bertz CT molecular complexity index is 713. The fourth-order valence-corrected chi connectivity index (χ4v) is 4.65. The molecule has 3 aliphatic rings. The van der Waals surface area contributed by atoms with Crippen LogP contribution in [0.25, 0.3) is 0 Å². The molecule has 0 aromatic carbocycles. The van der Waals surface area contributed by atoms with E-state index in [1.165, 1.54) is 44.9 Å². The molecule has 154 valence electrons. The topological polar surface area (TPSA) is 67.2 Å². The van der Waals surface area contributed by atoms with Crippen molar-refractivity contribution in [1.29, 1.82) is 0 Å². The molecule has 1 aliphatic heterocycles. The van der Waals surface area contributed by atoms with Gasteiger partial charge < -0.3 is 10.2 Å². The van der Waals surface area contributed by atoms with E-state index in [0.29, 0.717) is 12.3 Å². The van der Waals surface area contributed by atoms with Gasteiger partial charge in [-0.25, -0.2) is 4.68 Å². The summed E-state index contributed by atoms with van der Waals surface area (Å²) in [6.45, 7) is 2.50. The molecule has 4 rings (SSSR count). The molecule has 0 unspecified atom stereocenters. The standard InChI is InChI=1S/C22H34N4O2/c27-21(10-8-17-4-2-1-3-5-17)23-19-12-14-25(15-13-19)20-9-11-22(28)26(24-20)16-18-6-7-18/h9,11,17-19H,1-8,10,12-16H2,(H,23,27). The quantitative estimate of drug-likeness (QED) is 0.782. The van der Waals surface area contributed by atoms with Crippen molar-refractivity contribution in [3.8, 4) is 0 Å². The zero-order chi connectivity index (χ0) is 19.3. The summed E-state index contributed by atoms with van der Waals surface area (Å²) in [4.78, 5) is 26.6. The second-order valence-corrected chi connectivity index (χ2v) is 9.03. The molecule has 2 heterocycles. The highest BCUT2D eigenvalue weighted by Crippen LogP contribution is 2.30. The predicted octanol–water partition coefficient (Wildman–Crippen LogP) is 3.10. The predicted molar refractivity (Wildman–Crippen MR) is 110 cm³/mol. The molecule has 6 heteroatoms. The highest BCUT2D eigenvalue weighted by atomic mass is 16.1. The molecule has 28 heavy (non-hydrogen) atoms. The summed E-state index contributed by atoms with van der Waals surface area (Å²) in [5.74, 6) is 2.51. The summed E-state index contributed by atoms with van der Waals surface area (Å²) in [7, 11) is 0. The Hall–Kier alpha value is -1.85. The third-order valence-corrected chi connectivity index (χ3v) is 6.67. The third-order valence-electron chi connectivity index (χ3n) is 6.67. The number of hydrogen-bond acceptors (Lipinski definition) is 4. The minimum atomic E-state index is -0.00392. The Morgan fingerprint density at radius 1 is 1.00 bits per heavy atom. The molecule has 1 aromatic rings. The van der Waals surface area contributed by atoms with Gasteiger partial charge in [-0.1, -0.05) is 32.1 Å². The van der Waals surface area contributed by atoms with Crippen LogP contribution in [0.2, 0.25) is 0 Å². The Balaban J connectivity index is 1.22. The van der Waals surface area contributed by atoms with Crippen molar-refractivity contribution in [1.82, 2.24) is 15.1 Å². The van der Waals surface area contributed by atoms with E-state index >= 15 is 0 Å². The minimum Gasteiger partial charge on any atom is -0.355 e. The van der Waals surface area contributed by atoms with Crippen LogP contribution < -0.4 is 15.8 Å². The van der Waals surface area contributed by atoms with E-state index in [0.717, 1.165) is 50.6 Å². The van der Waals surface area contributed by atoms with Crippen molar-refractivity contribution in [2.45, 2.75) is 83.2 Å². The molecule has 1 amide bonds. The zero-order valence-corrected chi connectivity index (χ0v) is 16.9. The van der Waals surface area contributed by atoms with Crippen molar-refractivity contribution >= 4 is 11.7 Å². The number of nitrogens with zero attached hydrogens (tertiary/aromatic N) is 3. The van der Waals surface area contributed by atoms with Crippen LogP contribution in [-0.2, 0) is 11.3 Å². The van der Waals surface area contributed by atoms with E-state index in [4.69, 9.17) is 0 Å². The first kappa shape index (κ1) is 19.5. The van der Waals surface area contributed by atoms with Crippen molar-refractivity contribution in [2.75, 3.05) is 18.0 Å². The minimum absolute atomic E-state index is 0.00392. The fourth-order valence-electron chi connectivity index (χ4n) is 4.65. The first-order chi connectivity index (χ1) is 13.7. The van der Waals surface area contributed by atoms with Gasteiger partial charge >= 0.3 is 0 Å². The number of amides is 1. The normalized spacial score (nSPS) is 21.6. The average molecular weight is 387 g/mol. The summed E-state index contributed by atoms with van der Waals surface area (Å²) in [6.07, 6.45) is 12.7. The van der Waals surface area contributed by atoms with Crippen LogP contribution in [0.4, 0.5) is 5.82 Å². The lowest BCUT2D eigenvalue weighted by Crippen LogP contribution is -2.45. The van der Waals surface area contributed by atoms with Crippen molar-refractivity contribution < 1.29 is 4.79 Å². The van der Waals surface area contributed by atoms with Gasteiger partial charge in [0.05, 0.1) is 0 Å². The molecule has 0 atom stereocenters. The SMILES string of the molecule is O=C(CCC1CCCCC1)NC1CCN(c2ccc(=O)n(CC3CC3)n2)CC1. The maximum atomic E-state index is 12.3. The average Bonchev–Trinajstić information content (AvgIpc) is 3.54. The van der Waals surface area contributed by atoms with Gasteiger partial charge in [0.25, 0.3) is 5.56 Å². The molecule has 3 fully saturated rings. The molecule has 2 saturated carbocycles. The monoisotopic (exact) mass is 386 g/mol. The second-order valence-electron chi connectivity index (χ2n) is 9.03. The van der Waals surface area contributed by atoms with Crippen LogP contribution in [-0.4, -0.2) is 34.8 Å². The van der Waals surface area contributed by atoms with Crippen LogP contribution in [0, 0.1) is 11.8 Å². The van der Waals surface area contributed by atoms with Gasteiger partial charge in [0.1, 0.15) is 5.82 Å². The van der Waals surface area contributed by atoms with E-state index in [1.54, 1.807) is 10.7 Å². The molecular weight excluding hydrogens is 352 g/mol. The Labute approximate surface area is 167 Å². The van der Waals surface area contributed by atoms with Crippen LogP contribution in [0.15, 0.2) is 16.9 Å². The lowest BCUT2D eigenvalue weighted by molar-refractivity contribution is -0.122. The Kier molecular flexibility index (Phi) is 6.33. The number of nitrogens with one attached hydrogen (secondary N) is 1. The van der Waals surface area contributed by atoms with Gasteiger partial charge in [-0.05, 0) is 50.0 Å². The van der Waals surface area contributed by atoms with Crippen LogP contribution >= 0.6 is 0 Å². The van der Waals surface area contributed by atoms with Crippen LogP contribution in [0.1, 0.15) is 70.6 Å². The summed E-state index contributed by atoms with van der Waals surface area (Å²) >= 11 is 0. The lowest BCUT2D eigenvalue weighted by Gasteiger charge is -2.33. The molecule has 0 bridgehead atoms. The van der Waals surface area contributed by atoms with Crippen molar-refractivity contribution in [2.24, 2.45) is 11.8 Å². The number of rotatable bonds is 7. The number of anilines is 1. The van der Waals surface area contributed by atoms with Gasteiger partial charge in [-0.3, -0.25) is 9.59 Å². The summed E-state index contributed by atoms with van der Waals surface area (Å²) in [5, 5.41) is 7.83. The van der Waals surface area contributed by atoms with Gasteiger partial charge in [0, 0.05) is 38.2 Å². The molecule has 2 aliphatic carbocycles. The molecule has 1 N–H and O–H groups in total. The molecule has 1 saturated heterocycles. The van der Waals surface area contributed by atoms with E-state index in [2.05, 4.69) is 15.3 Å². The summed E-state index contributed by atoms with van der Waals surface area (Å²) in [5.41, 5.74) is -0.00392. The summed E-state index contributed by atoms with van der Waals surface area (Å²) < 4.78 is 1.63. The number of hydrogen-bond donors (Lipinski definition) is 1. The number of aromatic nitrogens is 2. The largest absolute Gasteiger partial charge is 0.355 e. The Morgan fingerprint density at radius 2 is 1.75 bits per heavy atom. The van der Waals surface area contributed by atoms with E-state index in [1.807, 2.05) is 6.07 Å². The molecular formula is C22H34N4O2.